The molecule has 2 rings (SSSR count). The van der Waals surface area contributed by atoms with E-state index < -0.39 is 0 Å². The SMILES string of the molecule is N#CCC1=NC(OCCN2CCOCC2)CC=C1. The van der Waals surface area contributed by atoms with E-state index in [0.29, 0.717) is 13.0 Å². The third-order valence-electron chi connectivity index (χ3n) is 3.04. The first-order valence-corrected chi connectivity index (χ1v) is 6.40. The number of aliphatic imine (C=N–C) groups is 1. The Bertz CT molecular complexity index is 354. The van der Waals surface area contributed by atoms with Crippen LogP contribution in [-0.4, -0.2) is 56.3 Å². The van der Waals surface area contributed by atoms with Crippen LogP contribution < -0.4 is 0 Å². The lowest BCUT2D eigenvalue weighted by Crippen LogP contribution is -2.38. The zero-order valence-electron chi connectivity index (χ0n) is 10.5. The highest BCUT2D eigenvalue weighted by Gasteiger charge is 2.13. The second-order valence-corrected chi connectivity index (χ2v) is 4.37. The number of rotatable bonds is 5. The lowest BCUT2D eigenvalue weighted by Gasteiger charge is -2.27. The van der Waals surface area contributed by atoms with Crippen molar-refractivity contribution in [1.29, 1.82) is 5.26 Å². The van der Waals surface area contributed by atoms with E-state index in [-0.39, 0.29) is 6.23 Å². The first-order valence-electron chi connectivity index (χ1n) is 6.40. The van der Waals surface area contributed by atoms with Crippen LogP contribution in [0.3, 0.4) is 0 Å². The van der Waals surface area contributed by atoms with Gasteiger partial charge in [0, 0.05) is 26.1 Å². The fourth-order valence-electron chi connectivity index (χ4n) is 2.03. The fraction of sp³-hybridized carbons (Fsp3) is 0.692. The summed E-state index contributed by atoms with van der Waals surface area (Å²) in [6.45, 7) is 5.20. The van der Waals surface area contributed by atoms with Crippen molar-refractivity contribution >= 4 is 5.71 Å². The molecule has 1 unspecified atom stereocenters. The van der Waals surface area contributed by atoms with Crippen LogP contribution in [0.4, 0.5) is 0 Å². The highest BCUT2D eigenvalue weighted by atomic mass is 16.5. The van der Waals surface area contributed by atoms with Crippen LogP contribution in [-0.2, 0) is 9.47 Å². The average Bonchev–Trinajstić information content (AvgIpc) is 2.41. The molecule has 98 valence electrons. The minimum absolute atomic E-state index is 0.112. The van der Waals surface area contributed by atoms with Gasteiger partial charge in [-0.05, 0) is 6.08 Å². The Morgan fingerprint density at radius 1 is 1.50 bits per heavy atom. The van der Waals surface area contributed by atoms with Crippen LogP contribution in [0.15, 0.2) is 17.1 Å². The summed E-state index contributed by atoms with van der Waals surface area (Å²) in [6, 6.07) is 2.11. The van der Waals surface area contributed by atoms with E-state index in [1.807, 2.05) is 12.2 Å². The van der Waals surface area contributed by atoms with Gasteiger partial charge in [-0.25, -0.2) is 0 Å². The molecular weight excluding hydrogens is 230 g/mol. The average molecular weight is 249 g/mol. The summed E-state index contributed by atoms with van der Waals surface area (Å²) in [6.07, 6.45) is 4.99. The second-order valence-electron chi connectivity index (χ2n) is 4.37. The molecule has 0 N–H and O–H groups in total. The van der Waals surface area contributed by atoms with E-state index >= 15 is 0 Å². The van der Waals surface area contributed by atoms with Crippen LogP contribution >= 0.6 is 0 Å². The molecule has 0 aliphatic carbocycles. The molecule has 0 aromatic rings. The zero-order chi connectivity index (χ0) is 12.6. The Morgan fingerprint density at radius 3 is 3.11 bits per heavy atom. The molecule has 0 spiro atoms. The van der Waals surface area contributed by atoms with Crippen molar-refractivity contribution in [2.75, 3.05) is 39.5 Å². The Kier molecular flexibility index (Phi) is 5.34. The molecule has 0 aromatic carbocycles. The minimum Gasteiger partial charge on any atom is -0.379 e. The highest BCUT2D eigenvalue weighted by molar-refractivity contribution is 5.96. The fourth-order valence-corrected chi connectivity index (χ4v) is 2.03. The predicted octanol–water partition coefficient (Wildman–Crippen LogP) is 0.976. The molecule has 0 bridgehead atoms. The maximum atomic E-state index is 8.63. The lowest BCUT2D eigenvalue weighted by atomic mass is 10.2. The second kappa shape index (κ2) is 7.27. The van der Waals surface area contributed by atoms with Gasteiger partial charge in [0.05, 0.1) is 38.0 Å². The molecule has 2 aliphatic rings. The first-order chi connectivity index (χ1) is 8.88. The van der Waals surface area contributed by atoms with Crippen molar-refractivity contribution in [1.82, 2.24) is 4.90 Å². The largest absolute Gasteiger partial charge is 0.379 e. The predicted molar refractivity (Wildman–Crippen MR) is 68.4 cm³/mol. The third-order valence-corrected chi connectivity index (χ3v) is 3.04. The molecule has 1 saturated heterocycles. The van der Waals surface area contributed by atoms with Crippen LogP contribution in [0, 0.1) is 11.3 Å². The standard InChI is InChI=1S/C13H19N3O2/c14-5-4-12-2-1-3-13(15-12)18-11-8-16-6-9-17-10-7-16/h1-2,13H,3-4,6-11H2. The number of allylic oxidation sites excluding steroid dienone is 1. The summed E-state index contributed by atoms with van der Waals surface area (Å²) in [5.74, 6) is 0. The molecule has 0 radical (unpaired) electrons. The molecular formula is C13H19N3O2. The smallest absolute Gasteiger partial charge is 0.152 e. The summed E-state index contributed by atoms with van der Waals surface area (Å²) < 4.78 is 11.0. The highest BCUT2D eigenvalue weighted by Crippen LogP contribution is 2.10. The Hall–Kier alpha value is -1.22. The van der Waals surface area contributed by atoms with Crippen LogP contribution in [0.25, 0.3) is 0 Å². The lowest BCUT2D eigenvalue weighted by molar-refractivity contribution is 0.00435. The molecule has 5 heteroatoms. The maximum absolute atomic E-state index is 8.63. The van der Waals surface area contributed by atoms with Crippen molar-refractivity contribution in [3.8, 4) is 6.07 Å². The normalized spacial score (nSPS) is 24.6. The number of nitrogens with zero attached hydrogens (tertiary/aromatic N) is 3. The van der Waals surface area contributed by atoms with Gasteiger partial charge >= 0.3 is 0 Å². The van der Waals surface area contributed by atoms with Crippen molar-refractivity contribution in [2.24, 2.45) is 4.99 Å². The van der Waals surface area contributed by atoms with E-state index in [9.17, 15) is 0 Å². The number of dihydropyridines is 1. The first kappa shape index (κ1) is 13.2. The Balaban J connectivity index is 1.67. The zero-order valence-corrected chi connectivity index (χ0v) is 10.5. The van der Waals surface area contributed by atoms with Crippen LogP contribution in [0.2, 0.25) is 0 Å². The number of morpholine rings is 1. The van der Waals surface area contributed by atoms with Crippen LogP contribution in [0.5, 0.6) is 0 Å². The van der Waals surface area contributed by atoms with Gasteiger partial charge in [-0.2, -0.15) is 5.26 Å². The molecule has 1 atom stereocenters. The molecule has 2 heterocycles. The van der Waals surface area contributed by atoms with E-state index in [4.69, 9.17) is 14.7 Å². The molecule has 0 amide bonds. The Labute approximate surface area is 108 Å². The van der Waals surface area contributed by atoms with Crippen LogP contribution in [0.1, 0.15) is 12.8 Å². The van der Waals surface area contributed by atoms with Gasteiger partial charge in [-0.1, -0.05) is 6.08 Å². The minimum atomic E-state index is -0.112. The summed E-state index contributed by atoms with van der Waals surface area (Å²) in [4.78, 5) is 6.73. The summed E-state index contributed by atoms with van der Waals surface area (Å²) in [5.41, 5.74) is 0.820. The van der Waals surface area contributed by atoms with E-state index in [1.54, 1.807) is 0 Å². The molecule has 0 saturated carbocycles. The van der Waals surface area contributed by atoms with Gasteiger partial charge in [0.2, 0.25) is 0 Å². The summed E-state index contributed by atoms with van der Waals surface area (Å²) in [5, 5.41) is 8.63. The number of hydrogen-bond donors (Lipinski definition) is 0. The summed E-state index contributed by atoms with van der Waals surface area (Å²) >= 11 is 0. The van der Waals surface area contributed by atoms with Gasteiger partial charge < -0.3 is 9.47 Å². The quantitative estimate of drug-likeness (QED) is 0.728. The van der Waals surface area contributed by atoms with Crippen molar-refractivity contribution in [2.45, 2.75) is 19.1 Å². The van der Waals surface area contributed by atoms with Gasteiger partial charge in [0.25, 0.3) is 0 Å². The topological polar surface area (TPSA) is 57.8 Å². The third kappa shape index (κ3) is 4.22. The summed E-state index contributed by atoms with van der Waals surface area (Å²) in [7, 11) is 0. The van der Waals surface area contributed by atoms with Gasteiger partial charge in [-0.3, -0.25) is 9.89 Å². The van der Waals surface area contributed by atoms with E-state index in [0.717, 1.165) is 45.0 Å². The molecule has 1 fully saturated rings. The molecule has 18 heavy (non-hydrogen) atoms. The van der Waals surface area contributed by atoms with Crippen molar-refractivity contribution in [3.63, 3.8) is 0 Å². The van der Waals surface area contributed by atoms with Gasteiger partial charge in [0.15, 0.2) is 6.23 Å². The number of hydrogen-bond acceptors (Lipinski definition) is 5. The van der Waals surface area contributed by atoms with Gasteiger partial charge in [-0.15, -0.1) is 0 Å². The van der Waals surface area contributed by atoms with Crippen molar-refractivity contribution in [3.05, 3.63) is 12.2 Å². The Morgan fingerprint density at radius 2 is 2.33 bits per heavy atom. The van der Waals surface area contributed by atoms with E-state index in [1.165, 1.54) is 0 Å². The molecule has 5 nitrogen and oxygen atoms in total. The maximum Gasteiger partial charge on any atom is 0.152 e. The van der Waals surface area contributed by atoms with E-state index in [2.05, 4.69) is 16.0 Å². The number of nitriles is 1. The van der Waals surface area contributed by atoms with Gasteiger partial charge in [0.1, 0.15) is 0 Å². The molecule has 2 aliphatic heterocycles. The monoisotopic (exact) mass is 249 g/mol. The van der Waals surface area contributed by atoms with Crippen molar-refractivity contribution < 1.29 is 9.47 Å². The number of ether oxygens (including phenoxy) is 2. The molecule has 0 aromatic heterocycles.